The second-order valence-electron chi connectivity index (χ2n) is 7.61. The molecule has 1 amide bonds. The van der Waals surface area contributed by atoms with Crippen LogP contribution in [0.25, 0.3) is 5.65 Å². The number of amides is 1. The summed E-state index contributed by atoms with van der Waals surface area (Å²) in [5.41, 5.74) is 1.90. The molecule has 0 spiro atoms. The van der Waals surface area contributed by atoms with E-state index >= 15 is 0 Å². The number of hydrogen-bond acceptors (Lipinski definition) is 4. The van der Waals surface area contributed by atoms with E-state index in [1.807, 2.05) is 45.0 Å². The molecule has 0 aliphatic rings. The maximum Gasteiger partial charge on any atom is 0.420 e. The zero-order valence-corrected chi connectivity index (χ0v) is 17.7. The molecule has 7 heteroatoms. The van der Waals surface area contributed by atoms with E-state index < -0.39 is 11.7 Å². The third-order valence-electron chi connectivity index (χ3n) is 3.93. The van der Waals surface area contributed by atoms with Gasteiger partial charge in [0.25, 0.3) is 0 Å². The van der Waals surface area contributed by atoms with Gasteiger partial charge < -0.3 is 4.74 Å². The van der Waals surface area contributed by atoms with Gasteiger partial charge in [-0.05, 0) is 60.3 Å². The average molecular weight is 431 g/mol. The van der Waals surface area contributed by atoms with Crippen molar-refractivity contribution in [3.63, 3.8) is 0 Å². The van der Waals surface area contributed by atoms with Gasteiger partial charge in [-0.25, -0.2) is 19.2 Å². The van der Waals surface area contributed by atoms with Gasteiger partial charge in [-0.3, -0.25) is 0 Å². The summed E-state index contributed by atoms with van der Waals surface area (Å²) in [5.74, 6) is 0.876. The van der Waals surface area contributed by atoms with Crippen molar-refractivity contribution in [3.05, 3.63) is 52.8 Å². The summed E-state index contributed by atoms with van der Waals surface area (Å²) in [5, 5.41) is 4.20. The molecule has 0 unspecified atom stereocenters. The number of carbonyl (C=O) groups excluding carboxylic acids is 1. The number of fused-ring (bicyclic) bond motifs is 1. The molecule has 2 aromatic heterocycles. The fourth-order valence-corrected chi connectivity index (χ4v) is 2.97. The van der Waals surface area contributed by atoms with E-state index in [0.717, 1.165) is 4.47 Å². The molecule has 0 fully saturated rings. The van der Waals surface area contributed by atoms with Crippen molar-refractivity contribution in [2.75, 3.05) is 4.90 Å². The summed E-state index contributed by atoms with van der Waals surface area (Å²) >= 11 is 3.44. The normalized spacial score (nSPS) is 11.8. The Hall–Kier alpha value is -2.41. The second kappa shape index (κ2) is 7.31. The molecule has 0 saturated heterocycles. The molecule has 6 nitrogen and oxygen atoms in total. The molecule has 142 valence electrons. The first-order valence-electron chi connectivity index (χ1n) is 8.78. The summed E-state index contributed by atoms with van der Waals surface area (Å²) in [6.45, 7) is 9.79. The average Bonchev–Trinajstić information content (AvgIpc) is 2.95. The number of carbonyl (C=O) groups is 1. The molecule has 3 aromatic rings. The lowest BCUT2D eigenvalue weighted by Gasteiger charge is -2.27. The van der Waals surface area contributed by atoms with E-state index in [1.165, 1.54) is 10.5 Å². The van der Waals surface area contributed by atoms with Gasteiger partial charge in [0.15, 0.2) is 5.65 Å². The van der Waals surface area contributed by atoms with Crippen LogP contribution in [0.15, 0.2) is 47.2 Å². The molecule has 0 aliphatic carbocycles. The number of anilines is 2. The van der Waals surface area contributed by atoms with Crippen LogP contribution in [0.3, 0.4) is 0 Å². The summed E-state index contributed by atoms with van der Waals surface area (Å²) in [6.07, 6.45) is 2.95. The van der Waals surface area contributed by atoms with Crippen LogP contribution in [-0.4, -0.2) is 26.3 Å². The van der Waals surface area contributed by atoms with Crippen molar-refractivity contribution >= 4 is 39.2 Å². The fraction of sp³-hybridized carbons (Fsp3) is 0.350. The van der Waals surface area contributed by atoms with Gasteiger partial charge in [-0.15, -0.1) is 0 Å². The monoisotopic (exact) mass is 430 g/mol. The number of benzene rings is 1. The number of rotatable bonds is 3. The number of nitrogens with zero attached hydrogens (tertiary/aromatic N) is 4. The first-order valence-corrected chi connectivity index (χ1v) is 9.58. The standard InChI is InChI=1S/C20H23BrN4O2/c1-13(2)14-6-8-15(9-7-14)25(19(26)27-20(3,4)5)17-10-11-24-18(23-17)16(21)12-22-24/h6-13H,1-5H3. The Morgan fingerprint density at radius 3 is 2.44 bits per heavy atom. The Morgan fingerprint density at radius 2 is 1.85 bits per heavy atom. The number of halogens is 1. The number of ether oxygens (including phenoxy) is 1. The molecular weight excluding hydrogens is 408 g/mol. The first-order chi connectivity index (χ1) is 12.7. The maximum absolute atomic E-state index is 13.0. The predicted molar refractivity (Wildman–Crippen MR) is 110 cm³/mol. The van der Waals surface area contributed by atoms with E-state index in [2.05, 4.69) is 39.9 Å². The molecule has 2 heterocycles. The number of aromatic nitrogens is 3. The van der Waals surface area contributed by atoms with Gasteiger partial charge in [0.1, 0.15) is 11.4 Å². The maximum atomic E-state index is 13.0. The van der Waals surface area contributed by atoms with Crippen LogP contribution in [0.1, 0.15) is 46.1 Å². The molecule has 0 saturated carbocycles. The summed E-state index contributed by atoms with van der Waals surface area (Å²) in [7, 11) is 0. The van der Waals surface area contributed by atoms with Crippen LogP contribution in [-0.2, 0) is 4.74 Å². The largest absolute Gasteiger partial charge is 0.443 e. The third kappa shape index (κ3) is 4.30. The lowest BCUT2D eigenvalue weighted by molar-refractivity contribution is 0.0598. The minimum absolute atomic E-state index is 0.409. The molecule has 1 aromatic carbocycles. The third-order valence-corrected chi connectivity index (χ3v) is 4.49. The zero-order chi connectivity index (χ0) is 19.8. The molecule has 0 bridgehead atoms. The van der Waals surface area contributed by atoms with Gasteiger partial charge in [-0.2, -0.15) is 5.10 Å². The topological polar surface area (TPSA) is 59.7 Å². The zero-order valence-electron chi connectivity index (χ0n) is 16.1. The smallest absolute Gasteiger partial charge is 0.420 e. The highest BCUT2D eigenvalue weighted by atomic mass is 79.9. The van der Waals surface area contributed by atoms with Gasteiger partial charge >= 0.3 is 6.09 Å². The molecule has 0 atom stereocenters. The Morgan fingerprint density at radius 1 is 1.19 bits per heavy atom. The summed E-state index contributed by atoms with van der Waals surface area (Å²) in [6, 6.07) is 9.61. The van der Waals surface area contributed by atoms with E-state index in [9.17, 15) is 4.79 Å². The lowest BCUT2D eigenvalue weighted by Crippen LogP contribution is -2.34. The van der Waals surface area contributed by atoms with E-state index in [0.29, 0.717) is 23.1 Å². The van der Waals surface area contributed by atoms with Crippen LogP contribution in [0.2, 0.25) is 0 Å². The van der Waals surface area contributed by atoms with Crippen LogP contribution >= 0.6 is 15.9 Å². The van der Waals surface area contributed by atoms with Crippen LogP contribution < -0.4 is 4.90 Å². The molecular formula is C20H23BrN4O2. The Bertz CT molecular complexity index is 958. The highest BCUT2D eigenvalue weighted by Crippen LogP contribution is 2.29. The summed E-state index contributed by atoms with van der Waals surface area (Å²) in [4.78, 5) is 19.0. The summed E-state index contributed by atoms with van der Waals surface area (Å²) < 4.78 is 8.02. The highest BCUT2D eigenvalue weighted by molar-refractivity contribution is 9.10. The van der Waals surface area contributed by atoms with E-state index in [4.69, 9.17) is 4.74 Å². The van der Waals surface area contributed by atoms with Crippen molar-refractivity contribution in [1.82, 2.24) is 14.6 Å². The van der Waals surface area contributed by atoms with E-state index in [-0.39, 0.29) is 0 Å². The highest BCUT2D eigenvalue weighted by Gasteiger charge is 2.26. The van der Waals surface area contributed by atoms with Crippen LogP contribution in [0.4, 0.5) is 16.3 Å². The fourth-order valence-electron chi connectivity index (χ4n) is 2.60. The van der Waals surface area contributed by atoms with Gasteiger partial charge in [0.05, 0.1) is 16.4 Å². The number of hydrogen-bond donors (Lipinski definition) is 0. The van der Waals surface area contributed by atoms with E-state index in [1.54, 1.807) is 23.0 Å². The predicted octanol–water partition coefficient (Wildman–Crippen LogP) is 5.69. The van der Waals surface area contributed by atoms with Crippen molar-refractivity contribution in [2.24, 2.45) is 0 Å². The van der Waals surface area contributed by atoms with Gasteiger partial charge in [0.2, 0.25) is 0 Å². The SMILES string of the molecule is CC(C)c1ccc(N(C(=O)OC(C)(C)C)c2ccn3ncc(Br)c3n2)cc1. The molecule has 3 rings (SSSR count). The minimum atomic E-state index is -0.617. The Labute approximate surface area is 167 Å². The van der Waals surface area contributed by atoms with Crippen LogP contribution in [0, 0.1) is 0 Å². The minimum Gasteiger partial charge on any atom is -0.443 e. The Kier molecular flexibility index (Phi) is 5.24. The van der Waals surface area contributed by atoms with Crippen molar-refractivity contribution in [1.29, 1.82) is 0 Å². The van der Waals surface area contributed by atoms with Gasteiger partial charge in [0, 0.05) is 12.3 Å². The first kappa shape index (κ1) is 19.4. The van der Waals surface area contributed by atoms with Gasteiger partial charge in [-0.1, -0.05) is 26.0 Å². The quantitative estimate of drug-likeness (QED) is 0.535. The lowest BCUT2D eigenvalue weighted by atomic mass is 10.0. The molecule has 27 heavy (non-hydrogen) atoms. The van der Waals surface area contributed by atoms with Crippen molar-refractivity contribution < 1.29 is 9.53 Å². The van der Waals surface area contributed by atoms with Crippen LogP contribution in [0.5, 0.6) is 0 Å². The Balaban J connectivity index is 2.07. The molecule has 0 aliphatic heterocycles. The van der Waals surface area contributed by atoms with Crippen molar-refractivity contribution in [2.45, 2.75) is 46.1 Å². The second-order valence-corrected chi connectivity index (χ2v) is 8.46. The van der Waals surface area contributed by atoms with Crippen molar-refractivity contribution in [3.8, 4) is 0 Å². The molecule has 0 N–H and O–H groups in total. The molecule has 0 radical (unpaired) electrons.